The summed E-state index contributed by atoms with van der Waals surface area (Å²) in [6.45, 7) is 6.34. The molecule has 0 bridgehead atoms. The Hall–Kier alpha value is -2.89. The van der Waals surface area contributed by atoms with E-state index in [1.807, 2.05) is 0 Å². The highest BCUT2D eigenvalue weighted by Crippen LogP contribution is 2.11. The summed E-state index contributed by atoms with van der Waals surface area (Å²) in [6.07, 6.45) is 45.0. The first-order valence-electron chi connectivity index (χ1n) is 20.3. The van der Waals surface area contributed by atoms with Crippen LogP contribution in [0.2, 0.25) is 0 Å². The van der Waals surface area contributed by atoms with Gasteiger partial charge in [0.1, 0.15) is 13.2 Å². The van der Waals surface area contributed by atoms with Crippen molar-refractivity contribution < 1.29 is 28.6 Å². The van der Waals surface area contributed by atoms with Crippen LogP contribution >= 0.6 is 0 Å². The van der Waals surface area contributed by atoms with Crippen molar-refractivity contribution in [3.63, 3.8) is 0 Å². The van der Waals surface area contributed by atoms with Crippen molar-refractivity contribution in [2.75, 3.05) is 13.2 Å². The van der Waals surface area contributed by atoms with E-state index < -0.39 is 6.10 Å². The number of carbonyl (C=O) groups excluding carboxylic acids is 3. The first-order valence-corrected chi connectivity index (χ1v) is 20.3. The van der Waals surface area contributed by atoms with Crippen LogP contribution in [0.15, 0.2) is 60.8 Å². The van der Waals surface area contributed by atoms with Gasteiger partial charge >= 0.3 is 17.9 Å². The van der Waals surface area contributed by atoms with Crippen molar-refractivity contribution >= 4 is 17.9 Å². The highest BCUT2D eigenvalue weighted by Gasteiger charge is 2.19. The minimum atomic E-state index is -0.799. The first kappa shape index (κ1) is 47.1. The van der Waals surface area contributed by atoms with Gasteiger partial charge in [-0.05, 0) is 89.9 Å². The van der Waals surface area contributed by atoms with Crippen molar-refractivity contribution in [2.45, 2.75) is 187 Å². The Labute approximate surface area is 307 Å². The standard InChI is InChI=1S/C44H74O6/c1-4-7-10-13-16-19-21-23-25-28-31-34-37-43(46)49-40-41(39-48-42(45)36-33-30-27-24-18-15-12-9-6-3)50-44(47)38-35-32-29-26-22-20-17-14-11-8-5-2/h9,12,14,16-20,22,24,41H,4-8,10-11,13,15,21,23,25-40H2,1-3H3/b12-9-,17-14-,19-16-,22-20-,24-18-. The summed E-state index contributed by atoms with van der Waals surface area (Å²) < 4.78 is 16.5. The quantitative estimate of drug-likeness (QED) is 0.0215. The fraction of sp³-hybridized carbons (Fsp3) is 0.705. The van der Waals surface area contributed by atoms with E-state index in [4.69, 9.17) is 14.2 Å². The van der Waals surface area contributed by atoms with Crippen LogP contribution < -0.4 is 0 Å². The molecule has 0 saturated carbocycles. The molecule has 1 unspecified atom stereocenters. The molecule has 0 fully saturated rings. The van der Waals surface area contributed by atoms with Crippen LogP contribution in [0.4, 0.5) is 0 Å². The topological polar surface area (TPSA) is 78.9 Å². The average Bonchev–Trinajstić information content (AvgIpc) is 3.11. The van der Waals surface area contributed by atoms with Gasteiger partial charge in [-0.25, -0.2) is 0 Å². The van der Waals surface area contributed by atoms with Crippen LogP contribution in [0, 0.1) is 0 Å². The minimum Gasteiger partial charge on any atom is -0.462 e. The smallest absolute Gasteiger partial charge is 0.306 e. The summed E-state index contributed by atoms with van der Waals surface area (Å²) >= 11 is 0. The van der Waals surface area contributed by atoms with E-state index >= 15 is 0 Å². The lowest BCUT2D eigenvalue weighted by molar-refractivity contribution is -0.167. The number of ether oxygens (including phenoxy) is 3. The molecule has 50 heavy (non-hydrogen) atoms. The van der Waals surface area contributed by atoms with Crippen molar-refractivity contribution in [2.24, 2.45) is 0 Å². The van der Waals surface area contributed by atoms with Gasteiger partial charge in [-0.1, -0.05) is 133 Å². The molecule has 0 aliphatic carbocycles. The maximum atomic E-state index is 12.6. The summed E-state index contributed by atoms with van der Waals surface area (Å²) in [6, 6.07) is 0. The molecule has 0 radical (unpaired) electrons. The van der Waals surface area contributed by atoms with Gasteiger partial charge in [-0.3, -0.25) is 14.4 Å². The lowest BCUT2D eigenvalue weighted by atomic mass is 10.1. The van der Waals surface area contributed by atoms with Crippen molar-refractivity contribution in [3.05, 3.63) is 60.8 Å². The molecule has 1 atom stereocenters. The third-order valence-electron chi connectivity index (χ3n) is 8.25. The SMILES string of the molecule is CC/C=C\C/C=C\CCCCC(=O)OCC(COC(=O)CCCCCCC/C=C\CCCCC)OC(=O)CCCCC/C=C\C=C/CCCC. The van der Waals surface area contributed by atoms with Crippen LogP contribution in [-0.4, -0.2) is 37.2 Å². The number of rotatable bonds is 35. The maximum absolute atomic E-state index is 12.6. The summed E-state index contributed by atoms with van der Waals surface area (Å²) in [5.74, 6) is -0.987. The number of hydrogen-bond acceptors (Lipinski definition) is 6. The van der Waals surface area contributed by atoms with Gasteiger partial charge in [0.05, 0.1) is 0 Å². The van der Waals surface area contributed by atoms with Gasteiger partial charge < -0.3 is 14.2 Å². The molecule has 0 spiro atoms. The Balaban J connectivity index is 4.47. The lowest BCUT2D eigenvalue weighted by Gasteiger charge is -2.18. The van der Waals surface area contributed by atoms with E-state index in [0.717, 1.165) is 96.3 Å². The Morgan fingerprint density at radius 1 is 0.440 bits per heavy atom. The number of hydrogen-bond donors (Lipinski definition) is 0. The predicted octanol–water partition coefficient (Wildman–Crippen LogP) is 12.6. The summed E-state index contributed by atoms with van der Waals surface area (Å²) in [4.78, 5) is 37.4. The Kier molecular flexibility index (Phi) is 36.7. The molecule has 0 aromatic heterocycles. The van der Waals surface area contributed by atoms with Gasteiger partial charge in [0.25, 0.3) is 0 Å². The zero-order chi connectivity index (χ0) is 36.6. The molecule has 286 valence electrons. The van der Waals surface area contributed by atoms with Gasteiger partial charge in [-0.2, -0.15) is 0 Å². The summed E-state index contributed by atoms with van der Waals surface area (Å²) in [5, 5.41) is 0. The van der Waals surface area contributed by atoms with Crippen LogP contribution in [0.5, 0.6) is 0 Å². The average molecular weight is 699 g/mol. The van der Waals surface area contributed by atoms with Gasteiger partial charge in [0.2, 0.25) is 0 Å². The zero-order valence-corrected chi connectivity index (χ0v) is 32.4. The first-order chi connectivity index (χ1) is 24.5. The molecule has 0 aliphatic rings. The molecular formula is C44H74O6. The Morgan fingerprint density at radius 2 is 0.860 bits per heavy atom. The van der Waals surface area contributed by atoms with Crippen LogP contribution in [0.1, 0.15) is 181 Å². The zero-order valence-electron chi connectivity index (χ0n) is 32.4. The highest BCUT2D eigenvalue weighted by atomic mass is 16.6. The molecule has 6 nitrogen and oxygen atoms in total. The minimum absolute atomic E-state index is 0.101. The fourth-order valence-corrected chi connectivity index (χ4v) is 5.15. The third kappa shape index (κ3) is 36.4. The maximum Gasteiger partial charge on any atom is 0.306 e. The molecule has 0 aromatic carbocycles. The Morgan fingerprint density at radius 3 is 1.46 bits per heavy atom. The van der Waals surface area contributed by atoms with E-state index in [2.05, 4.69) is 81.5 Å². The normalized spacial score (nSPS) is 12.6. The number of carbonyl (C=O) groups is 3. The van der Waals surface area contributed by atoms with Crippen LogP contribution in [0.3, 0.4) is 0 Å². The van der Waals surface area contributed by atoms with Crippen LogP contribution in [-0.2, 0) is 28.6 Å². The third-order valence-corrected chi connectivity index (χ3v) is 8.25. The second kappa shape index (κ2) is 38.9. The molecule has 0 heterocycles. The number of unbranched alkanes of at least 4 members (excludes halogenated alkanes) is 15. The molecule has 0 N–H and O–H groups in total. The molecule has 6 heteroatoms. The number of esters is 3. The molecule has 0 amide bonds. The molecule has 0 saturated heterocycles. The lowest BCUT2D eigenvalue weighted by Crippen LogP contribution is -2.30. The van der Waals surface area contributed by atoms with Crippen molar-refractivity contribution in [3.8, 4) is 0 Å². The van der Waals surface area contributed by atoms with Gasteiger partial charge in [0.15, 0.2) is 6.10 Å². The number of allylic oxidation sites excluding steroid dienone is 10. The Bertz CT molecular complexity index is 944. The van der Waals surface area contributed by atoms with E-state index in [1.54, 1.807) is 0 Å². The summed E-state index contributed by atoms with van der Waals surface area (Å²) in [7, 11) is 0. The van der Waals surface area contributed by atoms with E-state index in [9.17, 15) is 14.4 Å². The van der Waals surface area contributed by atoms with Crippen LogP contribution in [0.25, 0.3) is 0 Å². The predicted molar refractivity (Wildman–Crippen MR) is 210 cm³/mol. The van der Waals surface area contributed by atoms with Crippen molar-refractivity contribution in [1.29, 1.82) is 0 Å². The molecule has 0 rings (SSSR count). The summed E-state index contributed by atoms with van der Waals surface area (Å²) in [5.41, 5.74) is 0. The van der Waals surface area contributed by atoms with Gasteiger partial charge in [-0.15, -0.1) is 0 Å². The van der Waals surface area contributed by atoms with Gasteiger partial charge in [0, 0.05) is 19.3 Å². The fourth-order valence-electron chi connectivity index (χ4n) is 5.15. The largest absolute Gasteiger partial charge is 0.462 e. The van der Waals surface area contributed by atoms with E-state index in [1.165, 1.54) is 44.9 Å². The second-order valence-corrected chi connectivity index (χ2v) is 13.2. The van der Waals surface area contributed by atoms with E-state index in [-0.39, 0.29) is 37.5 Å². The molecule has 0 aromatic rings. The van der Waals surface area contributed by atoms with E-state index in [0.29, 0.717) is 12.8 Å². The second-order valence-electron chi connectivity index (χ2n) is 13.2. The highest BCUT2D eigenvalue weighted by molar-refractivity contribution is 5.71. The monoisotopic (exact) mass is 699 g/mol. The molecular weight excluding hydrogens is 624 g/mol. The molecule has 0 aliphatic heterocycles. The van der Waals surface area contributed by atoms with Crippen molar-refractivity contribution in [1.82, 2.24) is 0 Å².